The highest BCUT2D eigenvalue weighted by Gasteiger charge is 2.33. The SMILES string of the molecule is CC(=O)N1c2ccc(-c3ccc(C(=O)N4CCCC4)cc3)cc2[C@H](Nc2ccc(C)cn2)C[C@@H]1C. The molecule has 3 heterocycles. The summed E-state index contributed by atoms with van der Waals surface area (Å²) in [6, 6.07) is 18.3. The van der Waals surface area contributed by atoms with Gasteiger partial charge in [0, 0.05) is 43.5 Å². The lowest BCUT2D eigenvalue weighted by Gasteiger charge is -2.39. The second kappa shape index (κ2) is 9.53. The highest BCUT2D eigenvalue weighted by Crippen LogP contribution is 2.41. The first kappa shape index (κ1) is 23.1. The Kier molecular flexibility index (Phi) is 6.29. The molecule has 1 fully saturated rings. The van der Waals surface area contributed by atoms with Crippen LogP contribution in [0.2, 0.25) is 0 Å². The first-order valence-electron chi connectivity index (χ1n) is 12.4. The average molecular weight is 469 g/mol. The van der Waals surface area contributed by atoms with E-state index in [2.05, 4.69) is 29.4 Å². The Balaban J connectivity index is 1.47. The minimum atomic E-state index is 0.0294. The van der Waals surface area contributed by atoms with Crippen LogP contribution in [0.5, 0.6) is 0 Å². The topological polar surface area (TPSA) is 65.5 Å². The van der Waals surface area contributed by atoms with Crippen LogP contribution in [-0.2, 0) is 4.79 Å². The minimum Gasteiger partial charge on any atom is -0.363 e. The Morgan fingerprint density at radius 3 is 2.34 bits per heavy atom. The third-order valence-corrected chi connectivity index (χ3v) is 7.11. The predicted molar refractivity (Wildman–Crippen MR) is 140 cm³/mol. The van der Waals surface area contributed by atoms with Crippen molar-refractivity contribution in [3.63, 3.8) is 0 Å². The maximum Gasteiger partial charge on any atom is 0.253 e. The summed E-state index contributed by atoms with van der Waals surface area (Å²) in [5.41, 5.74) is 5.97. The fourth-order valence-electron chi connectivity index (χ4n) is 5.30. The zero-order chi connectivity index (χ0) is 24.5. The van der Waals surface area contributed by atoms with Crippen molar-refractivity contribution in [3.05, 3.63) is 77.5 Å². The van der Waals surface area contributed by atoms with E-state index in [-0.39, 0.29) is 23.9 Å². The second-order valence-electron chi connectivity index (χ2n) is 9.74. The Labute approximate surface area is 207 Å². The monoisotopic (exact) mass is 468 g/mol. The molecule has 0 unspecified atom stereocenters. The van der Waals surface area contributed by atoms with Crippen LogP contribution in [0.3, 0.4) is 0 Å². The first-order valence-corrected chi connectivity index (χ1v) is 12.4. The molecule has 2 amide bonds. The third-order valence-electron chi connectivity index (χ3n) is 7.11. The fraction of sp³-hybridized carbons (Fsp3) is 0.345. The van der Waals surface area contributed by atoms with Crippen LogP contribution >= 0.6 is 0 Å². The number of likely N-dealkylation sites (tertiary alicyclic amines) is 1. The van der Waals surface area contributed by atoms with Gasteiger partial charge in [-0.1, -0.05) is 24.3 Å². The van der Waals surface area contributed by atoms with Crippen molar-refractivity contribution in [2.75, 3.05) is 23.3 Å². The van der Waals surface area contributed by atoms with Crippen LogP contribution in [0.15, 0.2) is 60.8 Å². The number of nitrogens with one attached hydrogen (secondary N) is 1. The zero-order valence-electron chi connectivity index (χ0n) is 20.6. The summed E-state index contributed by atoms with van der Waals surface area (Å²) in [5.74, 6) is 0.980. The molecule has 2 atom stereocenters. The maximum atomic E-state index is 12.7. The molecule has 0 radical (unpaired) electrons. The van der Waals surface area contributed by atoms with Crippen molar-refractivity contribution in [1.82, 2.24) is 9.88 Å². The molecule has 2 aliphatic heterocycles. The van der Waals surface area contributed by atoms with Crippen LogP contribution in [0, 0.1) is 6.92 Å². The molecular weight excluding hydrogens is 436 g/mol. The molecule has 0 aliphatic carbocycles. The van der Waals surface area contributed by atoms with Gasteiger partial charge in [0.2, 0.25) is 5.91 Å². The molecule has 0 saturated carbocycles. The van der Waals surface area contributed by atoms with E-state index in [9.17, 15) is 9.59 Å². The number of hydrogen-bond donors (Lipinski definition) is 1. The number of anilines is 2. The van der Waals surface area contributed by atoms with Crippen molar-refractivity contribution in [2.45, 2.75) is 52.1 Å². The number of fused-ring (bicyclic) bond motifs is 1. The molecule has 1 aromatic heterocycles. The van der Waals surface area contributed by atoms with Gasteiger partial charge in [0.05, 0.1) is 6.04 Å². The molecule has 2 aromatic carbocycles. The molecule has 2 aliphatic rings. The number of amides is 2. The lowest BCUT2D eigenvalue weighted by atomic mass is 9.89. The van der Waals surface area contributed by atoms with Gasteiger partial charge < -0.3 is 15.1 Å². The van der Waals surface area contributed by atoms with Gasteiger partial charge in [-0.05, 0) is 85.7 Å². The number of nitrogens with zero attached hydrogens (tertiary/aromatic N) is 3. The van der Waals surface area contributed by atoms with E-state index >= 15 is 0 Å². The van der Waals surface area contributed by atoms with Crippen LogP contribution in [-0.4, -0.2) is 40.8 Å². The normalized spacial score (nSPS) is 19.4. The molecule has 35 heavy (non-hydrogen) atoms. The van der Waals surface area contributed by atoms with E-state index in [0.29, 0.717) is 0 Å². The first-order chi connectivity index (χ1) is 16.9. The van der Waals surface area contributed by atoms with Gasteiger partial charge in [-0.3, -0.25) is 9.59 Å². The van der Waals surface area contributed by atoms with Gasteiger partial charge in [0.25, 0.3) is 5.91 Å². The molecule has 0 bridgehead atoms. The highest BCUT2D eigenvalue weighted by atomic mass is 16.2. The van der Waals surface area contributed by atoms with E-state index in [1.807, 2.05) is 65.4 Å². The third kappa shape index (κ3) is 4.65. The molecule has 1 saturated heterocycles. The molecule has 5 rings (SSSR count). The molecule has 6 nitrogen and oxygen atoms in total. The summed E-state index contributed by atoms with van der Waals surface area (Å²) in [7, 11) is 0. The van der Waals surface area contributed by atoms with Gasteiger partial charge in [-0.2, -0.15) is 0 Å². The molecule has 180 valence electrons. The largest absolute Gasteiger partial charge is 0.363 e. The van der Waals surface area contributed by atoms with Gasteiger partial charge in [0.1, 0.15) is 5.82 Å². The predicted octanol–water partition coefficient (Wildman–Crippen LogP) is 5.59. The molecular formula is C29H32N4O2. The van der Waals surface area contributed by atoms with E-state index in [1.54, 1.807) is 6.92 Å². The van der Waals surface area contributed by atoms with E-state index in [0.717, 1.165) is 71.7 Å². The number of pyridine rings is 1. The average Bonchev–Trinajstić information content (AvgIpc) is 3.40. The lowest BCUT2D eigenvalue weighted by Crippen LogP contribution is -2.43. The van der Waals surface area contributed by atoms with E-state index in [4.69, 9.17) is 0 Å². The van der Waals surface area contributed by atoms with Crippen molar-refractivity contribution in [1.29, 1.82) is 0 Å². The number of aryl methyl sites for hydroxylation is 1. The van der Waals surface area contributed by atoms with Crippen molar-refractivity contribution in [3.8, 4) is 11.1 Å². The highest BCUT2D eigenvalue weighted by molar-refractivity contribution is 5.95. The Bertz CT molecular complexity index is 1230. The van der Waals surface area contributed by atoms with Gasteiger partial charge in [0.15, 0.2) is 0 Å². The molecule has 6 heteroatoms. The van der Waals surface area contributed by atoms with Crippen molar-refractivity contribution >= 4 is 23.3 Å². The fourth-order valence-corrected chi connectivity index (χ4v) is 5.30. The lowest BCUT2D eigenvalue weighted by molar-refractivity contribution is -0.117. The number of carbonyl (C=O) groups is 2. The Morgan fingerprint density at radius 2 is 1.69 bits per heavy atom. The maximum absolute atomic E-state index is 12.7. The number of aromatic nitrogens is 1. The summed E-state index contributed by atoms with van der Waals surface area (Å²) in [6.45, 7) is 7.43. The standard InChI is InChI=1S/C29H32N4O2/c1-19-6-13-28(30-18-19)31-26-16-20(2)33(21(3)34)27-12-11-24(17-25(26)27)22-7-9-23(10-8-22)29(35)32-14-4-5-15-32/h6-13,17-18,20,26H,4-5,14-16H2,1-3H3,(H,30,31)/t20-,26+/m0/s1. The summed E-state index contributed by atoms with van der Waals surface area (Å²) >= 11 is 0. The molecule has 0 spiro atoms. The Hall–Kier alpha value is -3.67. The van der Waals surface area contributed by atoms with Crippen LogP contribution in [0.4, 0.5) is 11.5 Å². The van der Waals surface area contributed by atoms with Crippen LogP contribution in [0.25, 0.3) is 11.1 Å². The van der Waals surface area contributed by atoms with E-state index in [1.165, 1.54) is 0 Å². The number of carbonyl (C=O) groups excluding carboxylic acids is 2. The molecule has 3 aromatic rings. The van der Waals surface area contributed by atoms with Crippen molar-refractivity contribution in [2.24, 2.45) is 0 Å². The second-order valence-corrected chi connectivity index (χ2v) is 9.74. The van der Waals surface area contributed by atoms with Crippen LogP contribution < -0.4 is 10.2 Å². The summed E-state index contributed by atoms with van der Waals surface area (Å²) in [4.78, 5) is 33.6. The summed E-state index contributed by atoms with van der Waals surface area (Å²) in [5, 5.41) is 3.59. The molecule has 1 N–H and O–H groups in total. The van der Waals surface area contributed by atoms with Crippen LogP contribution in [0.1, 0.15) is 60.6 Å². The zero-order valence-corrected chi connectivity index (χ0v) is 20.6. The summed E-state index contributed by atoms with van der Waals surface area (Å²) in [6.07, 6.45) is 4.82. The smallest absolute Gasteiger partial charge is 0.253 e. The number of hydrogen-bond acceptors (Lipinski definition) is 4. The number of benzene rings is 2. The number of rotatable bonds is 4. The van der Waals surface area contributed by atoms with Gasteiger partial charge in [-0.15, -0.1) is 0 Å². The van der Waals surface area contributed by atoms with Gasteiger partial charge >= 0.3 is 0 Å². The van der Waals surface area contributed by atoms with Crippen molar-refractivity contribution < 1.29 is 9.59 Å². The van der Waals surface area contributed by atoms with E-state index < -0.39 is 0 Å². The minimum absolute atomic E-state index is 0.0294. The summed E-state index contributed by atoms with van der Waals surface area (Å²) < 4.78 is 0. The Morgan fingerprint density at radius 1 is 0.971 bits per heavy atom. The van der Waals surface area contributed by atoms with Gasteiger partial charge in [-0.25, -0.2) is 4.98 Å². The quantitative estimate of drug-likeness (QED) is 0.542.